The predicted molar refractivity (Wildman–Crippen MR) is 148 cm³/mol. The second kappa shape index (κ2) is 9.66. The summed E-state index contributed by atoms with van der Waals surface area (Å²) < 4.78 is 52.0. The van der Waals surface area contributed by atoms with Crippen LogP contribution in [0.4, 0.5) is 4.39 Å². The van der Waals surface area contributed by atoms with Crippen molar-refractivity contribution < 1.29 is 17.5 Å². The number of benzene rings is 3. The Hall–Kier alpha value is -3.95. The summed E-state index contributed by atoms with van der Waals surface area (Å²) >= 11 is 0. The molecule has 1 fully saturated rings. The van der Waals surface area contributed by atoms with E-state index in [-0.39, 0.29) is 10.7 Å². The molecule has 9 heteroatoms. The Balaban J connectivity index is 1.40. The second-order valence-corrected chi connectivity index (χ2v) is 12.2. The van der Waals surface area contributed by atoms with Crippen molar-refractivity contribution in [1.29, 1.82) is 0 Å². The summed E-state index contributed by atoms with van der Waals surface area (Å²) in [5, 5.41) is 5.49. The van der Waals surface area contributed by atoms with Crippen molar-refractivity contribution in [3.8, 4) is 11.4 Å². The Bertz CT molecular complexity index is 1750. The van der Waals surface area contributed by atoms with Crippen LogP contribution in [0.1, 0.15) is 17.5 Å². The lowest BCUT2D eigenvalue weighted by molar-refractivity contribution is 0.221. The zero-order valence-corrected chi connectivity index (χ0v) is 22.6. The average molecular weight is 545 g/mol. The number of hydrogen-bond donors (Lipinski definition) is 0. The van der Waals surface area contributed by atoms with E-state index in [0.29, 0.717) is 26.1 Å². The first kappa shape index (κ1) is 25.3. The van der Waals surface area contributed by atoms with E-state index in [0.717, 1.165) is 33.5 Å². The Morgan fingerprint density at radius 1 is 1.05 bits per heavy atom. The van der Waals surface area contributed by atoms with E-state index in [1.165, 1.54) is 12.1 Å². The first-order valence-electron chi connectivity index (χ1n) is 12.8. The van der Waals surface area contributed by atoms with Crippen molar-refractivity contribution in [1.82, 2.24) is 18.7 Å². The molecule has 200 valence electrons. The molecule has 0 aliphatic carbocycles. The zero-order valence-electron chi connectivity index (χ0n) is 21.8. The van der Waals surface area contributed by atoms with Gasteiger partial charge in [0, 0.05) is 43.3 Å². The number of para-hydroxylation sites is 1. The van der Waals surface area contributed by atoms with Gasteiger partial charge < -0.3 is 9.30 Å². The largest absolute Gasteiger partial charge is 0.493 e. The van der Waals surface area contributed by atoms with Crippen molar-refractivity contribution in [2.45, 2.75) is 23.7 Å². The summed E-state index contributed by atoms with van der Waals surface area (Å²) in [7, 11) is -1.85. The lowest BCUT2D eigenvalue weighted by Gasteiger charge is -2.31. The van der Waals surface area contributed by atoms with Crippen LogP contribution < -0.4 is 4.74 Å². The molecule has 0 spiro atoms. The zero-order chi connectivity index (χ0) is 27.2. The number of halogens is 1. The van der Waals surface area contributed by atoms with Crippen molar-refractivity contribution >= 4 is 20.9 Å². The Kier molecular flexibility index (Phi) is 6.28. The number of aromatic nitrogens is 3. The van der Waals surface area contributed by atoms with Crippen LogP contribution in [0, 0.1) is 12.7 Å². The van der Waals surface area contributed by atoms with E-state index in [4.69, 9.17) is 4.74 Å². The van der Waals surface area contributed by atoms with Gasteiger partial charge in [-0.15, -0.1) is 0 Å². The number of nitrogens with zero attached hydrogens (tertiary/aromatic N) is 4. The quantitative estimate of drug-likeness (QED) is 0.282. The highest BCUT2D eigenvalue weighted by Gasteiger charge is 2.46. The summed E-state index contributed by atoms with van der Waals surface area (Å²) in [6, 6.07) is 21.6. The molecule has 39 heavy (non-hydrogen) atoms. The maximum absolute atomic E-state index is 13.6. The molecule has 5 aromatic rings. The average Bonchev–Trinajstić information content (AvgIpc) is 3.67. The third kappa shape index (κ3) is 4.62. The number of rotatable bonds is 7. The molecule has 2 aromatic heterocycles. The number of hydrogen-bond acceptors (Lipinski definition) is 4. The van der Waals surface area contributed by atoms with Gasteiger partial charge in [-0.3, -0.25) is 0 Å². The van der Waals surface area contributed by atoms with Gasteiger partial charge in [-0.2, -0.15) is 9.40 Å². The maximum Gasteiger partial charge on any atom is 0.244 e. The van der Waals surface area contributed by atoms with Crippen LogP contribution in [0.25, 0.3) is 16.6 Å². The van der Waals surface area contributed by atoms with Crippen LogP contribution in [-0.2, 0) is 22.5 Å². The molecular formula is C30H29FN4O3S. The predicted octanol–water partition coefficient (Wildman–Crippen LogP) is 5.22. The Morgan fingerprint density at radius 3 is 2.54 bits per heavy atom. The molecule has 0 saturated carbocycles. The van der Waals surface area contributed by atoms with Crippen LogP contribution in [-0.4, -0.2) is 46.8 Å². The van der Waals surface area contributed by atoms with E-state index in [2.05, 4.69) is 17.2 Å². The fourth-order valence-electron chi connectivity index (χ4n) is 5.51. The molecule has 3 heterocycles. The number of aryl methyl sites for hydroxylation is 2. The smallest absolute Gasteiger partial charge is 0.244 e. The van der Waals surface area contributed by atoms with E-state index in [1.807, 2.05) is 44.3 Å². The van der Waals surface area contributed by atoms with Crippen molar-refractivity contribution in [3.63, 3.8) is 0 Å². The molecule has 1 atom stereocenters. The normalized spacial score (nSPS) is 18.1. The van der Waals surface area contributed by atoms with Gasteiger partial charge in [-0.25, -0.2) is 17.5 Å². The molecule has 0 bridgehead atoms. The molecule has 0 N–H and O–H groups in total. The van der Waals surface area contributed by atoms with Crippen molar-refractivity contribution in [2.75, 3.05) is 19.7 Å². The van der Waals surface area contributed by atoms with Crippen LogP contribution >= 0.6 is 0 Å². The molecule has 0 amide bonds. The SMILES string of the molecule is Cc1cc2c(cnn2-c2ccc(F)cc2)cc1C1(COc2ccccc2)CCN(S(=O)(=O)c2ccn(C)c2)C1. The first-order valence-corrected chi connectivity index (χ1v) is 14.2. The van der Waals surface area contributed by atoms with Crippen LogP contribution in [0.3, 0.4) is 0 Å². The van der Waals surface area contributed by atoms with Crippen molar-refractivity contribution in [3.05, 3.63) is 108 Å². The van der Waals surface area contributed by atoms with Gasteiger partial charge >= 0.3 is 0 Å². The highest BCUT2D eigenvalue weighted by atomic mass is 32.2. The fourth-order valence-corrected chi connectivity index (χ4v) is 7.09. The molecule has 3 aromatic carbocycles. The summed E-state index contributed by atoms with van der Waals surface area (Å²) in [5.74, 6) is 0.439. The fraction of sp³-hybridized carbons (Fsp3) is 0.233. The van der Waals surface area contributed by atoms with E-state index in [9.17, 15) is 12.8 Å². The summed E-state index contributed by atoms with van der Waals surface area (Å²) in [4.78, 5) is 0.289. The highest BCUT2D eigenvalue weighted by Crippen LogP contribution is 2.41. The maximum atomic E-state index is 13.6. The molecular weight excluding hydrogens is 515 g/mol. The molecule has 6 rings (SSSR count). The molecule has 0 radical (unpaired) electrons. The molecule has 1 unspecified atom stereocenters. The van der Waals surface area contributed by atoms with Crippen molar-refractivity contribution in [2.24, 2.45) is 7.05 Å². The minimum absolute atomic E-state index is 0.289. The third-order valence-corrected chi connectivity index (χ3v) is 9.41. The minimum Gasteiger partial charge on any atom is -0.493 e. The molecule has 1 aliphatic rings. The molecule has 7 nitrogen and oxygen atoms in total. The Labute approximate surface area is 227 Å². The van der Waals surface area contributed by atoms with Crippen LogP contribution in [0.2, 0.25) is 0 Å². The van der Waals surface area contributed by atoms with E-state index in [1.54, 1.807) is 50.3 Å². The highest BCUT2D eigenvalue weighted by molar-refractivity contribution is 7.89. The van der Waals surface area contributed by atoms with Gasteiger partial charge in [-0.05, 0) is 79.1 Å². The van der Waals surface area contributed by atoms with E-state index >= 15 is 0 Å². The Morgan fingerprint density at radius 2 is 1.82 bits per heavy atom. The van der Waals surface area contributed by atoms with E-state index < -0.39 is 15.4 Å². The molecule has 1 aliphatic heterocycles. The van der Waals surface area contributed by atoms with Gasteiger partial charge in [0.1, 0.15) is 11.6 Å². The van der Waals surface area contributed by atoms with Gasteiger partial charge in [0.05, 0.1) is 28.9 Å². The lowest BCUT2D eigenvalue weighted by Crippen LogP contribution is -2.39. The summed E-state index contributed by atoms with van der Waals surface area (Å²) in [6.07, 6.45) is 5.79. The number of fused-ring (bicyclic) bond motifs is 1. The second-order valence-electron chi connectivity index (χ2n) is 10.2. The van der Waals surface area contributed by atoms with Gasteiger partial charge in [0.2, 0.25) is 10.0 Å². The van der Waals surface area contributed by atoms with Crippen LogP contribution in [0.15, 0.2) is 96.3 Å². The van der Waals surface area contributed by atoms with Gasteiger partial charge in [0.25, 0.3) is 0 Å². The standard InChI is InChI=1S/C30H29FN4O3S/c1-22-16-29-23(18-32-35(29)25-10-8-24(31)9-11-25)17-28(22)30(21-38-26-6-4-3-5-7-26)13-15-34(20-30)39(36,37)27-12-14-33(2)19-27/h3-12,14,16-19H,13,15,20-21H2,1-2H3. The third-order valence-electron chi connectivity index (χ3n) is 7.58. The molecule has 1 saturated heterocycles. The van der Waals surface area contributed by atoms with Gasteiger partial charge in [0.15, 0.2) is 0 Å². The topological polar surface area (TPSA) is 69.4 Å². The minimum atomic E-state index is -3.66. The van der Waals surface area contributed by atoms with Gasteiger partial charge in [-0.1, -0.05) is 18.2 Å². The first-order chi connectivity index (χ1) is 18.7. The van der Waals surface area contributed by atoms with Crippen LogP contribution in [0.5, 0.6) is 5.75 Å². The lowest BCUT2D eigenvalue weighted by atomic mass is 9.78. The monoisotopic (exact) mass is 544 g/mol. The number of ether oxygens (including phenoxy) is 1. The summed E-state index contributed by atoms with van der Waals surface area (Å²) in [6.45, 7) is 3.06. The summed E-state index contributed by atoms with van der Waals surface area (Å²) in [5.41, 5.74) is 3.15. The number of sulfonamides is 1.